The summed E-state index contributed by atoms with van der Waals surface area (Å²) in [6.45, 7) is 9.91. The Bertz CT molecular complexity index is 1170. The third kappa shape index (κ3) is 5.16. The number of carbonyl (C=O) groups is 1. The van der Waals surface area contributed by atoms with Crippen molar-refractivity contribution in [3.05, 3.63) is 61.1 Å². The van der Waals surface area contributed by atoms with Crippen molar-refractivity contribution in [3.63, 3.8) is 0 Å². The van der Waals surface area contributed by atoms with Crippen LogP contribution in [-0.4, -0.2) is 87.6 Å². The molecule has 184 valence electrons. The molecule has 0 radical (unpaired) electrons. The number of anilines is 3. The van der Waals surface area contributed by atoms with E-state index < -0.39 is 0 Å². The number of likely N-dealkylation sites (tertiary alicyclic amines) is 1. The molecule has 35 heavy (non-hydrogen) atoms. The fourth-order valence-electron chi connectivity index (χ4n) is 5.11. The fourth-order valence-corrected chi connectivity index (χ4v) is 5.11. The van der Waals surface area contributed by atoms with Gasteiger partial charge >= 0.3 is 0 Å². The summed E-state index contributed by atoms with van der Waals surface area (Å²) in [4.78, 5) is 28.0. The van der Waals surface area contributed by atoms with Crippen molar-refractivity contribution in [2.24, 2.45) is 0 Å². The van der Waals surface area contributed by atoms with Crippen molar-refractivity contribution in [3.8, 4) is 0 Å². The standard InChI is InChI=1S/C26H33N7O2/c1-2-24(35)32-10-3-4-20(18-32)23-9-11-33-19-27-26(29-25(23)33)28-21-5-7-22(8-6-21)31-14-12-30(13-15-31)16-17-34/h2,5-9,11,19-20,34H,1,3-4,10,12-18H2,(H,28,29). The van der Waals surface area contributed by atoms with Gasteiger partial charge in [0, 0.05) is 74.9 Å². The Morgan fingerprint density at radius 3 is 2.69 bits per heavy atom. The van der Waals surface area contributed by atoms with E-state index in [9.17, 15) is 4.79 Å². The van der Waals surface area contributed by atoms with Gasteiger partial charge in [0.05, 0.1) is 6.61 Å². The Labute approximate surface area is 205 Å². The lowest BCUT2D eigenvalue weighted by molar-refractivity contribution is -0.127. The fraction of sp³-hybridized carbons (Fsp3) is 0.423. The van der Waals surface area contributed by atoms with E-state index in [1.807, 2.05) is 15.5 Å². The van der Waals surface area contributed by atoms with Gasteiger partial charge < -0.3 is 20.2 Å². The van der Waals surface area contributed by atoms with Gasteiger partial charge in [0.25, 0.3) is 0 Å². The van der Waals surface area contributed by atoms with Crippen LogP contribution in [-0.2, 0) is 4.79 Å². The number of rotatable bonds is 7. The van der Waals surface area contributed by atoms with Gasteiger partial charge in [0.1, 0.15) is 12.0 Å². The smallest absolute Gasteiger partial charge is 0.245 e. The molecule has 0 aliphatic carbocycles. The summed E-state index contributed by atoms with van der Waals surface area (Å²) in [7, 11) is 0. The van der Waals surface area contributed by atoms with Gasteiger partial charge in [-0.1, -0.05) is 6.58 Å². The number of aromatic nitrogens is 3. The largest absolute Gasteiger partial charge is 0.395 e. The quantitative estimate of drug-likeness (QED) is 0.508. The van der Waals surface area contributed by atoms with Gasteiger partial charge in [-0.25, -0.2) is 4.98 Å². The van der Waals surface area contributed by atoms with Crippen LogP contribution >= 0.6 is 0 Å². The Balaban J connectivity index is 1.27. The summed E-state index contributed by atoms with van der Waals surface area (Å²) in [6, 6.07) is 10.5. The van der Waals surface area contributed by atoms with E-state index in [1.165, 1.54) is 11.8 Å². The van der Waals surface area contributed by atoms with Gasteiger partial charge in [-0.3, -0.25) is 14.1 Å². The number of aliphatic hydroxyl groups is 1. The van der Waals surface area contributed by atoms with E-state index in [0.29, 0.717) is 12.5 Å². The maximum absolute atomic E-state index is 12.1. The molecule has 2 N–H and O–H groups in total. The molecular formula is C26H33N7O2. The second-order valence-corrected chi connectivity index (χ2v) is 9.23. The van der Waals surface area contributed by atoms with Crippen LogP contribution in [0.15, 0.2) is 55.5 Å². The first-order valence-corrected chi connectivity index (χ1v) is 12.3. The van der Waals surface area contributed by atoms with Crippen molar-refractivity contribution in [1.82, 2.24) is 24.2 Å². The molecule has 4 heterocycles. The zero-order chi connectivity index (χ0) is 24.2. The second-order valence-electron chi connectivity index (χ2n) is 9.23. The molecule has 1 amide bonds. The van der Waals surface area contributed by atoms with Gasteiger partial charge in [0.15, 0.2) is 0 Å². The number of fused-ring (bicyclic) bond motifs is 1. The molecular weight excluding hydrogens is 442 g/mol. The van der Waals surface area contributed by atoms with Crippen LogP contribution < -0.4 is 10.2 Å². The lowest BCUT2D eigenvalue weighted by Gasteiger charge is -2.35. The lowest BCUT2D eigenvalue weighted by Crippen LogP contribution is -2.47. The molecule has 9 heteroatoms. The molecule has 1 aromatic carbocycles. The highest BCUT2D eigenvalue weighted by Gasteiger charge is 2.26. The van der Waals surface area contributed by atoms with Crippen LogP contribution in [0.1, 0.15) is 24.3 Å². The van der Waals surface area contributed by atoms with E-state index in [2.05, 4.69) is 57.0 Å². The van der Waals surface area contributed by atoms with Crippen LogP contribution in [0.2, 0.25) is 0 Å². The first kappa shape index (κ1) is 23.3. The predicted octanol–water partition coefficient (Wildman–Crippen LogP) is 2.48. The highest BCUT2D eigenvalue weighted by atomic mass is 16.3. The molecule has 2 saturated heterocycles. The number of benzene rings is 1. The third-order valence-electron chi connectivity index (χ3n) is 7.06. The van der Waals surface area contributed by atoms with Crippen molar-refractivity contribution in [2.45, 2.75) is 18.8 Å². The van der Waals surface area contributed by atoms with Crippen LogP contribution in [0.25, 0.3) is 5.65 Å². The van der Waals surface area contributed by atoms with E-state index in [1.54, 1.807) is 6.33 Å². The highest BCUT2D eigenvalue weighted by molar-refractivity contribution is 5.87. The predicted molar refractivity (Wildman–Crippen MR) is 137 cm³/mol. The maximum Gasteiger partial charge on any atom is 0.245 e. The number of nitrogens with one attached hydrogen (secondary N) is 1. The van der Waals surface area contributed by atoms with Gasteiger partial charge in [-0.15, -0.1) is 0 Å². The number of nitrogens with zero attached hydrogens (tertiary/aromatic N) is 6. The van der Waals surface area contributed by atoms with Crippen LogP contribution in [0.4, 0.5) is 17.3 Å². The zero-order valence-electron chi connectivity index (χ0n) is 20.0. The average molecular weight is 476 g/mol. The molecule has 9 nitrogen and oxygen atoms in total. The van der Waals surface area contributed by atoms with Crippen molar-refractivity contribution >= 4 is 28.9 Å². The van der Waals surface area contributed by atoms with Gasteiger partial charge in [-0.2, -0.15) is 4.98 Å². The zero-order valence-corrected chi connectivity index (χ0v) is 20.0. The molecule has 5 rings (SSSR count). The van der Waals surface area contributed by atoms with Crippen LogP contribution in [0.3, 0.4) is 0 Å². The minimum Gasteiger partial charge on any atom is -0.395 e. The highest BCUT2D eigenvalue weighted by Crippen LogP contribution is 2.30. The molecule has 2 fully saturated rings. The van der Waals surface area contributed by atoms with Crippen LogP contribution in [0, 0.1) is 0 Å². The van der Waals surface area contributed by atoms with Gasteiger partial charge in [-0.05, 0) is 49.2 Å². The summed E-state index contributed by atoms with van der Waals surface area (Å²) in [5.41, 5.74) is 4.15. The third-order valence-corrected chi connectivity index (χ3v) is 7.06. The van der Waals surface area contributed by atoms with Crippen molar-refractivity contribution < 1.29 is 9.90 Å². The van der Waals surface area contributed by atoms with E-state index in [0.717, 1.165) is 69.0 Å². The number of hydrogen-bond donors (Lipinski definition) is 2. The summed E-state index contributed by atoms with van der Waals surface area (Å²) in [5, 5.41) is 12.5. The number of aliphatic hydroxyl groups excluding tert-OH is 1. The number of β-amino-alcohol motifs (C(OH)–C–C–N with tert-alkyl or cyclic N) is 1. The maximum atomic E-state index is 12.1. The second kappa shape index (κ2) is 10.5. The molecule has 1 atom stereocenters. The minimum atomic E-state index is -0.00863. The summed E-state index contributed by atoms with van der Waals surface area (Å²) in [6.07, 6.45) is 7.17. The molecule has 0 spiro atoms. The molecule has 0 saturated carbocycles. The first-order chi connectivity index (χ1) is 17.1. The Morgan fingerprint density at radius 2 is 1.94 bits per heavy atom. The van der Waals surface area contributed by atoms with Crippen LogP contribution in [0.5, 0.6) is 0 Å². The number of piperidine rings is 1. The molecule has 2 aliphatic rings. The number of hydrogen-bond acceptors (Lipinski definition) is 7. The topological polar surface area (TPSA) is 89.2 Å². The molecule has 3 aromatic rings. The normalized spacial score (nSPS) is 19.2. The van der Waals surface area contributed by atoms with Gasteiger partial charge in [0.2, 0.25) is 11.9 Å². The minimum absolute atomic E-state index is 0.00863. The summed E-state index contributed by atoms with van der Waals surface area (Å²) < 4.78 is 1.94. The summed E-state index contributed by atoms with van der Waals surface area (Å²) >= 11 is 0. The molecule has 2 aromatic heterocycles. The number of amides is 1. The molecule has 1 unspecified atom stereocenters. The van der Waals surface area contributed by atoms with E-state index in [-0.39, 0.29) is 18.4 Å². The van der Waals surface area contributed by atoms with Crippen molar-refractivity contribution in [1.29, 1.82) is 0 Å². The molecule has 0 bridgehead atoms. The molecule has 2 aliphatic heterocycles. The number of carbonyl (C=O) groups excluding carboxylic acids is 1. The Kier molecular flexibility index (Phi) is 6.96. The Hall–Kier alpha value is -3.43. The SMILES string of the molecule is C=CC(=O)N1CCCC(c2ccn3cnc(Nc4ccc(N5CCN(CCO)CC5)cc4)nc23)C1. The summed E-state index contributed by atoms with van der Waals surface area (Å²) in [5.74, 6) is 0.792. The number of piperazine rings is 1. The first-order valence-electron chi connectivity index (χ1n) is 12.3. The van der Waals surface area contributed by atoms with E-state index in [4.69, 9.17) is 10.1 Å². The average Bonchev–Trinajstić information content (AvgIpc) is 3.33. The van der Waals surface area contributed by atoms with Crippen molar-refractivity contribution in [2.75, 3.05) is 62.6 Å². The monoisotopic (exact) mass is 475 g/mol. The Morgan fingerprint density at radius 1 is 1.14 bits per heavy atom. The lowest BCUT2D eigenvalue weighted by atomic mass is 9.92. The van der Waals surface area contributed by atoms with E-state index >= 15 is 0 Å².